The molecule has 166 valence electrons. The smallest absolute Gasteiger partial charge is 0.335 e. The summed E-state index contributed by atoms with van der Waals surface area (Å²) in [5.74, 6) is -1.32. The largest absolute Gasteiger partial charge is 0.478 e. The van der Waals surface area contributed by atoms with Crippen molar-refractivity contribution in [1.29, 1.82) is 0 Å². The monoisotopic (exact) mass is 428 g/mol. The molecule has 0 amide bonds. The molecule has 0 bridgehead atoms. The molecule has 2 N–H and O–H groups in total. The Balaban J connectivity index is 1.57. The van der Waals surface area contributed by atoms with Gasteiger partial charge in [-0.25, -0.2) is 4.79 Å². The van der Waals surface area contributed by atoms with Crippen molar-refractivity contribution < 1.29 is 34.0 Å². The minimum atomic E-state index is -1.00. The van der Waals surface area contributed by atoms with Gasteiger partial charge in [0.2, 0.25) is 0 Å². The number of ether oxygens (including phenoxy) is 3. The van der Waals surface area contributed by atoms with Crippen LogP contribution < -0.4 is 0 Å². The second kappa shape index (κ2) is 11.2. The van der Waals surface area contributed by atoms with Gasteiger partial charge in [0.05, 0.1) is 38.6 Å². The highest BCUT2D eigenvalue weighted by Gasteiger charge is 2.29. The van der Waals surface area contributed by atoms with Crippen molar-refractivity contribution in [2.24, 2.45) is 0 Å². The number of rotatable bonds is 13. The lowest BCUT2D eigenvalue weighted by Gasteiger charge is -2.11. The van der Waals surface area contributed by atoms with Crippen LogP contribution in [0.15, 0.2) is 36.4 Å². The van der Waals surface area contributed by atoms with E-state index >= 15 is 0 Å². The molecule has 1 atom stereocenters. The lowest BCUT2D eigenvalue weighted by atomic mass is 9.94. The van der Waals surface area contributed by atoms with E-state index in [1.807, 2.05) is 12.1 Å². The molecule has 0 aromatic heterocycles. The number of methoxy groups -OCH3 is 1. The molecule has 0 spiro atoms. The van der Waals surface area contributed by atoms with Crippen LogP contribution in [0.5, 0.6) is 0 Å². The molecule has 7 nitrogen and oxygen atoms in total. The standard InChI is InChI=1S/C24H28O7/c1-29-9-10-31-12-11-30-8-2-3-23(26)16-4-6-18-19-7-5-17(24(27)28)14-21(19)22(15-25)20(18)13-16/h4-7,13-14,22,25H,2-3,8-12,15H2,1H3,(H,27,28). The molecule has 1 aliphatic rings. The molecule has 1 aliphatic carbocycles. The van der Waals surface area contributed by atoms with Gasteiger partial charge in [-0.2, -0.15) is 0 Å². The van der Waals surface area contributed by atoms with Crippen LogP contribution in [0.1, 0.15) is 50.6 Å². The van der Waals surface area contributed by atoms with Crippen molar-refractivity contribution in [3.8, 4) is 11.1 Å². The normalized spacial score (nSPS) is 14.3. The molecule has 0 saturated heterocycles. The Hall–Kier alpha value is -2.58. The Labute approximate surface area is 181 Å². The van der Waals surface area contributed by atoms with Crippen LogP contribution in [-0.4, -0.2) is 68.7 Å². The maximum Gasteiger partial charge on any atom is 0.335 e. The summed E-state index contributed by atoms with van der Waals surface area (Å²) < 4.78 is 15.7. The number of carboxylic acids is 1. The van der Waals surface area contributed by atoms with Gasteiger partial charge in [-0.05, 0) is 46.9 Å². The number of carbonyl (C=O) groups excluding carboxylic acids is 1. The lowest BCUT2D eigenvalue weighted by Crippen LogP contribution is -2.10. The van der Waals surface area contributed by atoms with Gasteiger partial charge in [0.25, 0.3) is 0 Å². The molecule has 1 unspecified atom stereocenters. The van der Waals surface area contributed by atoms with Gasteiger partial charge < -0.3 is 24.4 Å². The van der Waals surface area contributed by atoms with Gasteiger partial charge in [-0.15, -0.1) is 0 Å². The summed E-state index contributed by atoms with van der Waals surface area (Å²) in [4.78, 5) is 23.9. The number of aliphatic hydroxyl groups excluding tert-OH is 1. The minimum Gasteiger partial charge on any atom is -0.478 e. The molecule has 0 saturated carbocycles. The van der Waals surface area contributed by atoms with Crippen molar-refractivity contribution in [2.45, 2.75) is 18.8 Å². The predicted molar refractivity (Wildman–Crippen MR) is 115 cm³/mol. The molecule has 31 heavy (non-hydrogen) atoms. The molecule has 0 fully saturated rings. The van der Waals surface area contributed by atoms with E-state index in [4.69, 9.17) is 14.2 Å². The first-order valence-corrected chi connectivity index (χ1v) is 10.4. The third kappa shape index (κ3) is 5.57. The summed E-state index contributed by atoms with van der Waals surface area (Å²) in [6, 6.07) is 10.4. The molecule has 2 aromatic rings. The van der Waals surface area contributed by atoms with E-state index in [0.717, 1.165) is 22.3 Å². The number of carbonyl (C=O) groups is 2. The molecule has 0 aliphatic heterocycles. The van der Waals surface area contributed by atoms with E-state index < -0.39 is 5.97 Å². The Morgan fingerprint density at radius 1 is 0.871 bits per heavy atom. The second-order valence-corrected chi connectivity index (χ2v) is 7.39. The fourth-order valence-corrected chi connectivity index (χ4v) is 3.81. The fraction of sp³-hybridized carbons (Fsp3) is 0.417. The topological polar surface area (TPSA) is 102 Å². The van der Waals surface area contributed by atoms with Gasteiger partial charge in [0.1, 0.15) is 0 Å². The zero-order valence-corrected chi connectivity index (χ0v) is 17.6. The van der Waals surface area contributed by atoms with Crippen molar-refractivity contribution >= 4 is 11.8 Å². The molecule has 2 aromatic carbocycles. The fourth-order valence-electron chi connectivity index (χ4n) is 3.81. The third-order valence-corrected chi connectivity index (χ3v) is 5.39. The quantitative estimate of drug-likeness (QED) is 0.373. The van der Waals surface area contributed by atoms with Gasteiger partial charge in [0.15, 0.2) is 5.78 Å². The Morgan fingerprint density at radius 2 is 1.45 bits per heavy atom. The first kappa shape index (κ1) is 23.1. The third-order valence-electron chi connectivity index (χ3n) is 5.39. The van der Waals surface area contributed by atoms with Crippen molar-refractivity contribution in [3.05, 3.63) is 58.7 Å². The van der Waals surface area contributed by atoms with Crippen LogP contribution in [0.25, 0.3) is 11.1 Å². The van der Waals surface area contributed by atoms with Crippen LogP contribution in [0.4, 0.5) is 0 Å². The highest BCUT2D eigenvalue weighted by atomic mass is 16.5. The van der Waals surface area contributed by atoms with Crippen LogP contribution in [0.2, 0.25) is 0 Å². The van der Waals surface area contributed by atoms with Gasteiger partial charge >= 0.3 is 5.97 Å². The summed E-state index contributed by atoms with van der Waals surface area (Å²) in [7, 11) is 1.62. The Kier molecular flexibility index (Phi) is 8.31. The number of aromatic carboxylic acids is 1. The SMILES string of the molecule is COCCOCCOCCCC(=O)c1ccc2c(c1)C(CO)c1cc(C(=O)O)ccc1-2. The summed E-state index contributed by atoms with van der Waals surface area (Å²) in [6.45, 7) is 2.39. The molecule has 0 heterocycles. The average Bonchev–Trinajstić information content (AvgIpc) is 3.09. The van der Waals surface area contributed by atoms with Crippen LogP contribution in [0.3, 0.4) is 0 Å². The first-order chi connectivity index (χ1) is 15.1. The number of ketones is 1. The van der Waals surface area contributed by atoms with Crippen LogP contribution in [0, 0.1) is 0 Å². The van der Waals surface area contributed by atoms with Crippen LogP contribution in [-0.2, 0) is 14.2 Å². The van der Waals surface area contributed by atoms with Gasteiger partial charge in [0, 0.05) is 31.6 Å². The summed E-state index contributed by atoms with van der Waals surface area (Å²) >= 11 is 0. The average molecular weight is 428 g/mol. The number of hydrogen-bond acceptors (Lipinski definition) is 6. The summed E-state index contributed by atoms with van der Waals surface area (Å²) in [5, 5.41) is 19.2. The zero-order chi connectivity index (χ0) is 22.2. The summed E-state index contributed by atoms with van der Waals surface area (Å²) in [5.41, 5.74) is 4.24. The number of Topliss-reactive ketones (excluding diaryl/α,β-unsaturated/α-hetero) is 1. The van der Waals surface area contributed by atoms with E-state index in [0.29, 0.717) is 51.4 Å². The molecule has 7 heteroatoms. The zero-order valence-electron chi connectivity index (χ0n) is 17.6. The van der Waals surface area contributed by atoms with Crippen molar-refractivity contribution in [3.63, 3.8) is 0 Å². The molecular formula is C24H28O7. The number of fused-ring (bicyclic) bond motifs is 3. The van der Waals surface area contributed by atoms with E-state index in [1.54, 1.807) is 31.4 Å². The molecular weight excluding hydrogens is 400 g/mol. The maximum absolute atomic E-state index is 12.6. The second-order valence-electron chi connectivity index (χ2n) is 7.39. The Morgan fingerprint density at radius 3 is 2.06 bits per heavy atom. The van der Waals surface area contributed by atoms with E-state index in [-0.39, 0.29) is 23.9 Å². The number of carboxylic acid groups (broad SMARTS) is 1. The van der Waals surface area contributed by atoms with E-state index in [9.17, 15) is 19.8 Å². The first-order valence-electron chi connectivity index (χ1n) is 10.4. The number of aliphatic hydroxyl groups is 1. The van der Waals surface area contributed by atoms with E-state index in [1.165, 1.54) is 0 Å². The van der Waals surface area contributed by atoms with Crippen molar-refractivity contribution in [1.82, 2.24) is 0 Å². The number of hydrogen-bond donors (Lipinski definition) is 2. The predicted octanol–water partition coefficient (Wildman–Crippen LogP) is 3.13. The molecule has 0 radical (unpaired) electrons. The highest BCUT2D eigenvalue weighted by molar-refractivity contribution is 5.98. The van der Waals surface area contributed by atoms with Gasteiger partial charge in [-0.3, -0.25) is 4.79 Å². The maximum atomic E-state index is 12.6. The summed E-state index contributed by atoms with van der Waals surface area (Å²) in [6.07, 6.45) is 0.975. The van der Waals surface area contributed by atoms with Gasteiger partial charge in [-0.1, -0.05) is 18.2 Å². The lowest BCUT2D eigenvalue weighted by molar-refractivity contribution is 0.0240. The molecule has 3 rings (SSSR count). The minimum absolute atomic E-state index is 0.0154. The Bertz CT molecular complexity index is 922. The van der Waals surface area contributed by atoms with Crippen molar-refractivity contribution in [2.75, 3.05) is 46.8 Å². The highest BCUT2D eigenvalue weighted by Crippen LogP contribution is 2.45. The van der Waals surface area contributed by atoms with E-state index in [2.05, 4.69) is 0 Å². The van der Waals surface area contributed by atoms with Crippen LogP contribution >= 0.6 is 0 Å². The number of benzene rings is 2.